The van der Waals surface area contributed by atoms with E-state index in [4.69, 9.17) is 9.47 Å². The molecule has 0 fully saturated rings. The van der Waals surface area contributed by atoms with E-state index in [2.05, 4.69) is 12.1 Å². The predicted molar refractivity (Wildman–Crippen MR) is 79.7 cm³/mol. The standard InChI is InChI=1S/C17H20O3/c1-19-15-8-6-13(7-9-15)4-3-5-14-12-16(20-2)10-11-17(14)18/h6-12,18H,3-5H2,1-2H3. The number of hydrogen-bond donors (Lipinski definition) is 1. The van der Waals surface area contributed by atoms with E-state index in [1.54, 1.807) is 26.4 Å². The number of hydrogen-bond acceptors (Lipinski definition) is 3. The van der Waals surface area contributed by atoms with Crippen LogP contribution >= 0.6 is 0 Å². The average Bonchev–Trinajstić information content (AvgIpc) is 2.50. The summed E-state index contributed by atoms with van der Waals surface area (Å²) in [5.74, 6) is 1.99. The Kier molecular flexibility index (Phi) is 4.88. The SMILES string of the molecule is COc1ccc(CCCc2cc(OC)ccc2O)cc1. The predicted octanol–water partition coefficient (Wildman–Crippen LogP) is 3.58. The van der Waals surface area contributed by atoms with Gasteiger partial charge in [-0.15, -0.1) is 0 Å². The fraction of sp³-hybridized carbons (Fsp3) is 0.294. The number of rotatable bonds is 6. The summed E-state index contributed by atoms with van der Waals surface area (Å²) in [7, 11) is 3.30. The lowest BCUT2D eigenvalue weighted by Gasteiger charge is -2.07. The van der Waals surface area contributed by atoms with Crippen molar-refractivity contribution in [1.29, 1.82) is 0 Å². The van der Waals surface area contributed by atoms with Crippen molar-refractivity contribution < 1.29 is 14.6 Å². The summed E-state index contributed by atoms with van der Waals surface area (Å²) in [6.45, 7) is 0. The van der Waals surface area contributed by atoms with Crippen LogP contribution in [0, 0.1) is 0 Å². The van der Waals surface area contributed by atoms with Gasteiger partial charge in [-0.1, -0.05) is 12.1 Å². The molecule has 0 aliphatic carbocycles. The molecule has 0 amide bonds. The van der Waals surface area contributed by atoms with Crippen LogP contribution in [0.15, 0.2) is 42.5 Å². The molecule has 0 heterocycles. The van der Waals surface area contributed by atoms with Crippen LogP contribution in [0.2, 0.25) is 0 Å². The first-order valence-corrected chi connectivity index (χ1v) is 6.71. The molecule has 1 N–H and O–H groups in total. The Morgan fingerprint density at radius 3 is 2.15 bits per heavy atom. The second-order valence-corrected chi connectivity index (χ2v) is 4.70. The van der Waals surface area contributed by atoms with Gasteiger partial charge in [0, 0.05) is 0 Å². The zero-order valence-electron chi connectivity index (χ0n) is 11.9. The summed E-state index contributed by atoms with van der Waals surface area (Å²) in [6, 6.07) is 13.4. The van der Waals surface area contributed by atoms with E-state index >= 15 is 0 Å². The number of aryl methyl sites for hydroxylation is 2. The summed E-state index contributed by atoms with van der Waals surface area (Å²) in [5.41, 5.74) is 2.20. The van der Waals surface area contributed by atoms with Crippen molar-refractivity contribution in [3.8, 4) is 17.2 Å². The van der Waals surface area contributed by atoms with Gasteiger partial charge in [0.15, 0.2) is 0 Å². The van der Waals surface area contributed by atoms with Crippen molar-refractivity contribution in [2.45, 2.75) is 19.3 Å². The van der Waals surface area contributed by atoms with Crippen molar-refractivity contribution in [2.24, 2.45) is 0 Å². The molecule has 106 valence electrons. The Morgan fingerprint density at radius 2 is 1.50 bits per heavy atom. The molecular formula is C17H20O3. The minimum Gasteiger partial charge on any atom is -0.508 e. The third-order valence-corrected chi connectivity index (χ3v) is 3.36. The molecule has 0 bridgehead atoms. The molecule has 0 atom stereocenters. The normalized spacial score (nSPS) is 10.3. The van der Waals surface area contributed by atoms with Gasteiger partial charge in [-0.05, 0) is 60.7 Å². The molecule has 0 aromatic heterocycles. The van der Waals surface area contributed by atoms with E-state index in [1.807, 2.05) is 18.2 Å². The maximum absolute atomic E-state index is 9.82. The van der Waals surface area contributed by atoms with Crippen LogP contribution < -0.4 is 9.47 Å². The van der Waals surface area contributed by atoms with Crippen molar-refractivity contribution in [1.82, 2.24) is 0 Å². The molecule has 0 saturated heterocycles. The van der Waals surface area contributed by atoms with Gasteiger partial charge in [-0.25, -0.2) is 0 Å². The summed E-state index contributed by atoms with van der Waals surface area (Å²) >= 11 is 0. The van der Waals surface area contributed by atoms with Gasteiger partial charge < -0.3 is 14.6 Å². The molecule has 20 heavy (non-hydrogen) atoms. The van der Waals surface area contributed by atoms with Crippen molar-refractivity contribution >= 4 is 0 Å². The highest BCUT2D eigenvalue weighted by molar-refractivity contribution is 5.39. The minimum atomic E-state index is 0.334. The maximum Gasteiger partial charge on any atom is 0.119 e. The highest BCUT2D eigenvalue weighted by atomic mass is 16.5. The van der Waals surface area contributed by atoms with E-state index in [-0.39, 0.29) is 0 Å². The van der Waals surface area contributed by atoms with E-state index in [0.29, 0.717) is 5.75 Å². The van der Waals surface area contributed by atoms with Gasteiger partial charge in [0.2, 0.25) is 0 Å². The zero-order valence-corrected chi connectivity index (χ0v) is 11.9. The summed E-state index contributed by atoms with van der Waals surface area (Å²) < 4.78 is 10.3. The molecule has 0 aliphatic heterocycles. The molecule has 3 heteroatoms. The van der Waals surface area contributed by atoms with Crippen molar-refractivity contribution in [3.05, 3.63) is 53.6 Å². The number of phenols is 1. The number of methoxy groups -OCH3 is 2. The van der Waals surface area contributed by atoms with Gasteiger partial charge >= 0.3 is 0 Å². The Bertz CT molecular complexity index is 547. The van der Waals surface area contributed by atoms with E-state index < -0.39 is 0 Å². The molecule has 0 aliphatic rings. The largest absolute Gasteiger partial charge is 0.508 e. The maximum atomic E-state index is 9.82. The monoisotopic (exact) mass is 272 g/mol. The first-order chi connectivity index (χ1) is 9.72. The van der Waals surface area contributed by atoms with Crippen molar-refractivity contribution in [2.75, 3.05) is 14.2 Å². The van der Waals surface area contributed by atoms with Gasteiger partial charge in [0.1, 0.15) is 17.2 Å². The highest BCUT2D eigenvalue weighted by Gasteiger charge is 2.03. The third-order valence-electron chi connectivity index (χ3n) is 3.36. The van der Waals surface area contributed by atoms with Crippen LogP contribution in [0.4, 0.5) is 0 Å². The molecule has 3 nitrogen and oxygen atoms in total. The Labute approximate surface area is 119 Å². The number of phenolic OH excluding ortho intramolecular Hbond substituents is 1. The highest BCUT2D eigenvalue weighted by Crippen LogP contribution is 2.24. The topological polar surface area (TPSA) is 38.7 Å². The number of ether oxygens (including phenoxy) is 2. The third kappa shape index (κ3) is 3.67. The first-order valence-electron chi connectivity index (χ1n) is 6.71. The zero-order chi connectivity index (χ0) is 14.4. The Morgan fingerprint density at radius 1 is 0.850 bits per heavy atom. The number of aromatic hydroxyl groups is 1. The smallest absolute Gasteiger partial charge is 0.119 e. The fourth-order valence-corrected chi connectivity index (χ4v) is 2.16. The molecule has 2 aromatic carbocycles. The van der Waals surface area contributed by atoms with Gasteiger partial charge in [0.05, 0.1) is 14.2 Å². The van der Waals surface area contributed by atoms with Gasteiger partial charge in [0.25, 0.3) is 0 Å². The lowest BCUT2D eigenvalue weighted by molar-refractivity contribution is 0.410. The second-order valence-electron chi connectivity index (χ2n) is 4.70. The molecule has 2 rings (SSSR count). The first kappa shape index (κ1) is 14.3. The molecule has 0 saturated carbocycles. The summed E-state index contributed by atoms with van der Waals surface area (Å²) in [4.78, 5) is 0. The average molecular weight is 272 g/mol. The Balaban J connectivity index is 1.91. The van der Waals surface area contributed by atoms with E-state index in [9.17, 15) is 5.11 Å². The number of benzene rings is 2. The van der Waals surface area contributed by atoms with Crippen LogP contribution in [0.3, 0.4) is 0 Å². The second kappa shape index (κ2) is 6.85. The lowest BCUT2D eigenvalue weighted by Crippen LogP contribution is -1.92. The van der Waals surface area contributed by atoms with Gasteiger partial charge in [-0.3, -0.25) is 0 Å². The molecule has 0 unspecified atom stereocenters. The van der Waals surface area contributed by atoms with Crippen LogP contribution in [0.1, 0.15) is 17.5 Å². The summed E-state index contributed by atoms with van der Waals surface area (Å²) in [6.07, 6.45) is 2.78. The van der Waals surface area contributed by atoms with Gasteiger partial charge in [-0.2, -0.15) is 0 Å². The summed E-state index contributed by atoms with van der Waals surface area (Å²) in [5, 5.41) is 9.82. The minimum absolute atomic E-state index is 0.334. The molecule has 2 aromatic rings. The fourth-order valence-electron chi connectivity index (χ4n) is 2.16. The van der Waals surface area contributed by atoms with E-state index in [1.165, 1.54) is 5.56 Å². The van der Waals surface area contributed by atoms with Crippen molar-refractivity contribution in [3.63, 3.8) is 0 Å². The Hall–Kier alpha value is -2.16. The van der Waals surface area contributed by atoms with Crippen LogP contribution in [-0.4, -0.2) is 19.3 Å². The lowest BCUT2D eigenvalue weighted by atomic mass is 10.0. The van der Waals surface area contributed by atoms with Crippen LogP contribution in [-0.2, 0) is 12.8 Å². The van der Waals surface area contributed by atoms with Crippen LogP contribution in [0.5, 0.6) is 17.2 Å². The van der Waals surface area contributed by atoms with Crippen LogP contribution in [0.25, 0.3) is 0 Å². The molecule has 0 radical (unpaired) electrons. The quantitative estimate of drug-likeness (QED) is 0.873. The van der Waals surface area contributed by atoms with E-state index in [0.717, 1.165) is 36.3 Å². The molecule has 0 spiro atoms. The molecular weight excluding hydrogens is 252 g/mol.